The van der Waals surface area contributed by atoms with E-state index in [4.69, 9.17) is 16.3 Å². The lowest BCUT2D eigenvalue weighted by molar-refractivity contribution is -0.0502. The second kappa shape index (κ2) is 5.52. The summed E-state index contributed by atoms with van der Waals surface area (Å²) < 4.78 is 34.2. The molecule has 0 aliphatic heterocycles. The van der Waals surface area contributed by atoms with Crippen molar-refractivity contribution in [3.63, 3.8) is 0 Å². The second-order valence-electron chi connectivity index (χ2n) is 3.93. The summed E-state index contributed by atoms with van der Waals surface area (Å²) in [7, 11) is 1.50. The highest BCUT2D eigenvalue weighted by atomic mass is 35.5. The fourth-order valence-corrected chi connectivity index (χ4v) is 1.89. The topological polar surface area (TPSA) is 31.4 Å². The number of ether oxygens (including phenoxy) is 2. The minimum Gasteiger partial charge on any atom is -0.504 e. The molecule has 0 aromatic carbocycles. The van der Waals surface area contributed by atoms with Gasteiger partial charge in [0.05, 0.1) is 18.4 Å². The van der Waals surface area contributed by atoms with Crippen molar-refractivity contribution in [1.82, 2.24) is 4.98 Å². The fraction of sp³-hybridized carbons (Fsp3) is 0.417. The minimum absolute atomic E-state index is 0.0932. The highest BCUT2D eigenvalue weighted by Crippen LogP contribution is 2.45. The van der Waals surface area contributed by atoms with Crippen molar-refractivity contribution in [2.45, 2.75) is 19.5 Å². The fourth-order valence-electron chi connectivity index (χ4n) is 1.70. The van der Waals surface area contributed by atoms with Crippen LogP contribution in [0.3, 0.4) is 0 Å². The third-order valence-corrected chi connectivity index (χ3v) is 2.90. The number of methoxy groups -OCH3 is 1. The Hall–Kier alpha value is -1.36. The van der Waals surface area contributed by atoms with E-state index >= 15 is 0 Å². The summed E-state index contributed by atoms with van der Waals surface area (Å²) >= 11 is 5.88. The van der Waals surface area contributed by atoms with Crippen LogP contribution in [-0.4, -0.2) is 18.7 Å². The Bertz CT molecular complexity index is 461. The van der Waals surface area contributed by atoms with Gasteiger partial charge in [-0.2, -0.15) is 8.78 Å². The van der Waals surface area contributed by atoms with Crippen LogP contribution in [0, 0.1) is 5.92 Å². The maximum absolute atomic E-state index is 12.4. The molecule has 0 atom stereocenters. The summed E-state index contributed by atoms with van der Waals surface area (Å²) in [6, 6.07) is 1.42. The van der Waals surface area contributed by atoms with E-state index in [2.05, 4.69) is 9.72 Å². The van der Waals surface area contributed by atoms with Gasteiger partial charge in [-0.05, 0) is 24.8 Å². The number of hydrogen-bond acceptors (Lipinski definition) is 3. The van der Waals surface area contributed by atoms with Crippen LogP contribution < -0.4 is 4.74 Å². The van der Waals surface area contributed by atoms with Crippen molar-refractivity contribution in [2.24, 2.45) is 5.92 Å². The van der Waals surface area contributed by atoms with Gasteiger partial charge < -0.3 is 9.47 Å². The number of allylic oxidation sites excluding steroid dienone is 1. The number of halogens is 3. The summed E-state index contributed by atoms with van der Waals surface area (Å²) in [5.41, 5.74) is 1.07. The molecule has 0 saturated heterocycles. The Morgan fingerprint density at radius 3 is 2.83 bits per heavy atom. The molecule has 2 rings (SSSR count). The summed E-state index contributed by atoms with van der Waals surface area (Å²) in [4.78, 5) is 4.08. The number of alkyl halides is 2. The van der Waals surface area contributed by atoms with Crippen LogP contribution in [0.25, 0.3) is 5.57 Å². The molecule has 1 aromatic heterocycles. The molecular formula is C12H12ClF2NO2. The Morgan fingerprint density at radius 1 is 1.56 bits per heavy atom. The van der Waals surface area contributed by atoms with Crippen molar-refractivity contribution in [3.8, 4) is 5.75 Å². The highest BCUT2D eigenvalue weighted by molar-refractivity contribution is 6.32. The summed E-state index contributed by atoms with van der Waals surface area (Å²) in [6.07, 6.45) is 4.94. The molecule has 0 amide bonds. The molecule has 18 heavy (non-hydrogen) atoms. The predicted molar refractivity (Wildman–Crippen MR) is 63.6 cm³/mol. The number of nitrogens with zero attached hydrogens (tertiary/aromatic N) is 1. The minimum atomic E-state index is -2.94. The van der Waals surface area contributed by atoms with E-state index in [1.165, 1.54) is 25.6 Å². The molecule has 1 fully saturated rings. The Labute approximate surface area is 108 Å². The number of aromatic nitrogens is 1. The van der Waals surface area contributed by atoms with Gasteiger partial charge in [-0.25, -0.2) is 0 Å². The lowest BCUT2D eigenvalue weighted by Crippen LogP contribution is -2.06. The summed E-state index contributed by atoms with van der Waals surface area (Å²) in [5, 5.41) is 0.114. The quantitative estimate of drug-likeness (QED) is 0.767. The van der Waals surface area contributed by atoms with Crippen LogP contribution in [0.4, 0.5) is 8.78 Å². The van der Waals surface area contributed by atoms with Gasteiger partial charge >= 0.3 is 6.61 Å². The molecule has 1 saturated carbocycles. The maximum atomic E-state index is 12.4. The van der Waals surface area contributed by atoms with E-state index < -0.39 is 6.61 Å². The van der Waals surface area contributed by atoms with Gasteiger partial charge in [-0.15, -0.1) is 0 Å². The van der Waals surface area contributed by atoms with Crippen LogP contribution in [0.2, 0.25) is 5.02 Å². The highest BCUT2D eigenvalue weighted by Gasteiger charge is 2.31. The van der Waals surface area contributed by atoms with Crippen LogP contribution in [-0.2, 0) is 4.74 Å². The first-order valence-corrected chi connectivity index (χ1v) is 5.83. The number of hydrogen-bond donors (Lipinski definition) is 0. The first-order chi connectivity index (χ1) is 8.63. The van der Waals surface area contributed by atoms with Crippen LogP contribution >= 0.6 is 11.6 Å². The SMILES string of the molecule is COC=C(c1nccc(Cl)c1OC(F)F)C1CC1. The first kappa shape index (κ1) is 13.1. The van der Waals surface area contributed by atoms with Gasteiger partial charge in [-0.1, -0.05) is 11.6 Å². The Kier molecular flexibility index (Phi) is 4.01. The zero-order valence-electron chi connectivity index (χ0n) is 9.70. The van der Waals surface area contributed by atoms with Crippen molar-refractivity contribution < 1.29 is 18.3 Å². The molecular weight excluding hydrogens is 264 g/mol. The van der Waals surface area contributed by atoms with Crippen molar-refractivity contribution in [1.29, 1.82) is 0 Å². The second-order valence-corrected chi connectivity index (χ2v) is 4.34. The van der Waals surface area contributed by atoms with Gasteiger partial charge in [0, 0.05) is 11.8 Å². The molecule has 0 unspecified atom stereocenters. The lowest BCUT2D eigenvalue weighted by Gasteiger charge is -2.13. The number of rotatable bonds is 5. The Balaban J connectivity index is 2.41. The largest absolute Gasteiger partial charge is 0.504 e. The van der Waals surface area contributed by atoms with E-state index in [-0.39, 0.29) is 16.7 Å². The first-order valence-electron chi connectivity index (χ1n) is 5.46. The third kappa shape index (κ3) is 2.90. The zero-order chi connectivity index (χ0) is 13.1. The van der Waals surface area contributed by atoms with Crippen LogP contribution in [0.1, 0.15) is 18.5 Å². The van der Waals surface area contributed by atoms with Crippen LogP contribution in [0.5, 0.6) is 5.75 Å². The standard InChI is InChI=1S/C12H12ClF2NO2/c1-17-6-8(7-2-3-7)10-11(18-12(14)15)9(13)4-5-16-10/h4-7,12H,2-3H2,1H3. The summed E-state index contributed by atoms with van der Waals surface area (Å²) in [5.74, 6) is 0.181. The lowest BCUT2D eigenvalue weighted by atomic mass is 10.1. The van der Waals surface area contributed by atoms with Gasteiger partial charge in [0.15, 0.2) is 5.75 Å². The molecule has 98 valence electrons. The van der Waals surface area contributed by atoms with E-state index in [1.807, 2.05) is 0 Å². The summed E-state index contributed by atoms with van der Waals surface area (Å²) in [6.45, 7) is -2.94. The molecule has 0 N–H and O–H groups in total. The molecule has 1 aliphatic rings. The van der Waals surface area contributed by atoms with E-state index in [9.17, 15) is 8.78 Å². The monoisotopic (exact) mass is 275 g/mol. The van der Waals surface area contributed by atoms with Gasteiger partial charge in [-0.3, -0.25) is 4.98 Å². The van der Waals surface area contributed by atoms with Crippen molar-refractivity contribution in [3.05, 3.63) is 29.2 Å². The molecule has 0 spiro atoms. The molecule has 1 aromatic rings. The zero-order valence-corrected chi connectivity index (χ0v) is 10.5. The molecule has 6 heteroatoms. The van der Waals surface area contributed by atoms with Crippen molar-refractivity contribution >= 4 is 17.2 Å². The average Bonchev–Trinajstić information content (AvgIpc) is 3.13. The van der Waals surface area contributed by atoms with Gasteiger partial charge in [0.2, 0.25) is 0 Å². The van der Waals surface area contributed by atoms with Gasteiger partial charge in [0.25, 0.3) is 0 Å². The van der Waals surface area contributed by atoms with Gasteiger partial charge in [0.1, 0.15) is 5.69 Å². The van der Waals surface area contributed by atoms with E-state index in [1.54, 1.807) is 0 Å². The molecule has 0 radical (unpaired) electrons. The smallest absolute Gasteiger partial charge is 0.387 e. The number of pyridine rings is 1. The Morgan fingerprint density at radius 2 is 2.28 bits per heavy atom. The molecule has 1 heterocycles. The van der Waals surface area contributed by atoms with Crippen LogP contribution in [0.15, 0.2) is 18.5 Å². The molecule has 0 bridgehead atoms. The van der Waals surface area contributed by atoms with E-state index in [0.29, 0.717) is 5.69 Å². The normalized spacial score (nSPS) is 15.9. The predicted octanol–water partition coefficient (Wildman–Crippen LogP) is 3.73. The van der Waals surface area contributed by atoms with E-state index in [0.717, 1.165) is 18.4 Å². The maximum Gasteiger partial charge on any atom is 0.387 e. The average molecular weight is 276 g/mol. The molecule has 1 aliphatic carbocycles. The third-order valence-electron chi connectivity index (χ3n) is 2.60. The van der Waals surface area contributed by atoms with Crippen molar-refractivity contribution in [2.75, 3.05) is 7.11 Å². The molecule has 3 nitrogen and oxygen atoms in total.